The van der Waals surface area contributed by atoms with Gasteiger partial charge in [-0.2, -0.15) is 0 Å². The molecular weight excluding hydrogens is 313 g/mol. The van der Waals surface area contributed by atoms with Crippen molar-refractivity contribution in [2.24, 2.45) is 0 Å². The minimum absolute atomic E-state index is 0.00640. The van der Waals surface area contributed by atoms with Gasteiger partial charge in [-0.1, -0.05) is 29.3 Å². The molecule has 1 N–H and O–H groups in total. The Kier molecular flexibility index (Phi) is 6.95. The predicted molar refractivity (Wildman–Crippen MR) is 84.5 cm³/mol. The van der Waals surface area contributed by atoms with Crippen molar-refractivity contribution in [1.29, 1.82) is 0 Å². The Morgan fingerprint density at radius 2 is 1.81 bits per heavy atom. The maximum atomic E-state index is 11.7. The molecule has 0 bridgehead atoms. The van der Waals surface area contributed by atoms with E-state index in [1.807, 2.05) is 18.0 Å². The van der Waals surface area contributed by atoms with Crippen molar-refractivity contribution in [2.45, 2.75) is 6.54 Å². The van der Waals surface area contributed by atoms with Gasteiger partial charge in [0.25, 0.3) is 0 Å². The molecule has 1 aromatic carbocycles. The van der Waals surface area contributed by atoms with E-state index in [-0.39, 0.29) is 24.9 Å². The molecule has 0 fully saturated rings. The average Bonchev–Trinajstić information content (AvgIpc) is 2.40. The fraction of sp³-hybridized carbons (Fsp3) is 0.429. The monoisotopic (exact) mass is 331 g/mol. The van der Waals surface area contributed by atoms with Crippen molar-refractivity contribution >= 4 is 35.0 Å². The molecule has 0 aliphatic rings. The van der Waals surface area contributed by atoms with Gasteiger partial charge in [-0.25, -0.2) is 0 Å². The van der Waals surface area contributed by atoms with Crippen LogP contribution in [0, 0.1) is 0 Å². The largest absolute Gasteiger partial charge is 0.347 e. The summed E-state index contributed by atoms with van der Waals surface area (Å²) in [7, 11) is 5.10. The molecule has 0 heterocycles. The summed E-state index contributed by atoms with van der Waals surface area (Å²) in [6.45, 7) is 0.763. The van der Waals surface area contributed by atoms with Crippen LogP contribution in [0.25, 0.3) is 0 Å². The third kappa shape index (κ3) is 6.33. The van der Waals surface area contributed by atoms with Crippen LogP contribution in [0.1, 0.15) is 5.56 Å². The molecular formula is C14H19Cl2N3O2. The number of carbonyl (C=O) groups is 2. The van der Waals surface area contributed by atoms with Crippen LogP contribution in [0.15, 0.2) is 18.2 Å². The second-order valence-corrected chi connectivity index (χ2v) is 5.80. The molecule has 0 aliphatic carbocycles. The number of nitrogens with zero attached hydrogens (tertiary/aromatic N) is 2. The van der Waals surface area contributed by atoms with Crippen molar-refractivity contribution in [3.05, 3.63) is 33.8 Å². The number of hydrogen-bond donors (Lipinski definition) is 1. The van der Waals surface area contributed by atoms with Crippen LogP contribution in [0.5, 0.6) is 0 Å². The van der Waals surface area contributed by atoms with E-state index in [1.165, 1.54) is 4.90 Å². The summed E-state index contributed by atoms with van der Waals surface area (Å²) in [5.74, 6) is -0.344. The molecule has 21 heavy (non-hydrogen) atoms. The highest BCUT2D eigenvalue weighted by Gasteiger charge is 2.10. The van der Waals surface area contributed by atoms with Gasteiger partial charge in [-0.15, -0.1) is 0 Å². The summed E-state index contributed by atoms with van der Waals surface area (Å²) in [6.07, 6.45) is 0. The first-order valence-electron chi connectivity index (χ1n) is 6.39. The molecule has 0 atom stereocenters. The molecule has 2 amide bonds. The first-order valence-corrected chi connectivity index (χ1v) is 7.14. The van der Waals surface area contributed by atoms with E-state index in [0.29, 0.717) is 16.6 Å². The zero-order valence-electron chi connectivity index (χ0n) is 12.3. The molecule has 0 unspecified atom stereocenters. The van der Waals surface area contributed by atoms with Crippen LogP contribution < -0.4 is 5.32 Å². The predicted octanol–water partition coefficient (Wildman–Crippen LogP) is 1.63. The third-order valence-corrected chi connectivity index (χ3v) is 3.52. The van der Waals surface area contributed by atoms with Crippen molar-refractivity contribution in [2.75, 3.05) is 34.2 Å². The fourth-order valence-corrected chi connectivity index (χ4v) is 1.96. The SMILES string of the molecule is CN(CC(=O)NCC(=O)N(C)C)Cc1ccc(Cl)c(Cl)c1. The number of likely N-dealkylation sites (N-methyl/N-ethyl adjacent to an activating group) is 2. The molecule has 1 aromatic rings. The zero-order chi connectivity index (χ0) is 16.0. The second kappa shape index (κ2) is 8.22. The smallest absolute Gasteiger partial charge is 0.241 e. The lowest BCUT2D eigenvalue weighted by Gasteiger charge is -2.17. The lowest BCUT2D eigenvalue weighted by Crippen LogP contribution is -2.40. The molecule has 7 heteroatoms. The van der Waals surface area contributed by atoms with Crippen LogP contribution >= 0.6 is 23.2 Å². The van der Waals surface area contributed by atoms with Gasteiger partial charge in [0.05, 0.1) is 23.1 Å². The highest BCUT2D eigenvalue weighted by atomic mass is 35.5. The fourth-order valence-electron chi connectivity index (χ4n) is 1.64. The van der Waals surface area contributed by atoms with Crippen LogP contribution in [-0.4, -0.2) is 55.8 Å². The number of rotatable bonds is 6. The Hall–Kier alpha value is -1.30. The molecule has 0 spiro atoms. The molecule has 0 aromatic heterocycles. The Bertz CT molecular complexity index is 521. The summed E-state index contributed by atoms with van der Waals surface area (Å²) in [5, 5.41) is 3.57. The van der Waals surface area contributed by atoms with Gasteiger partial charge in [-0.05, 0) is 24.7 Å². The van der Waals surface area contributed by atoms with Crippen LogP contribution in [0.4, 0.5) is 0 Å². The highest BCUT2D eigenvalue weighted by molar-refractivity contribution is 6.42. The number of benzene rings is 1. The van der Waals surface area contributed by atoms with Crippen LogP contribution in [-0.2, 0) is 16.1 Å². The molecule has 116 valence electrons. The molecule has 0 saturated heterocycles. The van der Waals surface area contributed by atoms with Crippen LogP contribution in [0.3, 0.4) is 0 Å². The molecule has 0 saturated carbocycles. The van der Waals surface area contributed by atoms with E-state index in [2.05, 4.69) is 5.32 Å². The van der Waals surface area contributed by atoms with E-state index >= 15 is 0 Å². The van der Waals surface area contributed by atoms with Gasteiger partial charge in [0, 0.05) is 20.6 Å². The van der Waals surface area contributed by atoms with E-state index in [9.17, 15) is 9.59 Å². The van der Waals surface area contributed by atoms with Crippen molar-refractivity contribution in [3.63, 3.8) is 0 Å². The Labute approximate surface area is 134 Å². The second-order valence-electron chi connectivity index (χ2n) is 4.99. The zero-order valence-corrected chi connectivity index (χ0v) is 13.8. The Morgan fingerprint density at radius 1 is 1.14 bits per heavy atom. The van der Waals surface area contributed by atoms with Gasteiger partial charge in [0.2, 0.25) is 11.8 Å². The molecule has 0 radical (unpaired) electrons. The quantitative estimate of drug-likeness (QED) is 0.861. The average molecular weight is 332 g/mol. The van der Waals surface area contributed by atoms with E-state index in [4.69, 9.17) is 23.2 Å². The first-order chi connectivity index (χ1) is 9.79. The van der Waals surface area contributed by atoms with Crippen molar-refractivity contribution in [1.82, 2.24) is 15.1 Å². The van der Waals surface area contributed by atoms with Gasteiger partial charge in [-0.3, -0.25) is 14.5 Å². The van der Waals surface area contributed by atoms with Crippen LogP contribution in [0.2, 0.25) is 10.0 Å². The molecule has 0 aliphatic heterocycles. The highest BCUT2D eigenvalue weighted by Crippen LogP contribution is 2.22. The summed E-state index contributed by atoms with van der Waals surface area (Å²) < 4.78 is 0. The number of hydrogen-bond acceptors (Lipinski definition) is 3. The minimum Gasteiger partial charge on any atom is -0.347 e. The summed E-state index contributed by atoms with van der Waals surface area (Å²) in [6, 6.07) is 5.36. The number of carbonyl (C=O) groups excluding carboxylic acids is 2. The summed E-state index contributed by atoms with van der Waals surface area (Å²) in [4.78, 5) is 26.3. The lowest BCUT2D eigenvalue weighted by atomic mass is 10.2. The van der Waals surface area contributed by atoms with Gasteiger partial charge in [0.1, 0.15) is 0 Å². The third-order valence-electron chi connectivity index (χ3n) is 2.79. The maximum absolute atomic E-state index is 11.7. The minimum atomic E-state index is -0.201. The van der Waals surface area contributed by atoms with Gasteiger partial charge in [0.15, 0.2) is 0 Å². The standard InChI is InChI=1S/C14H19Cl2N3O2/c1-18(2)14(21)7-17-13(20)9-19(3)8-10-4-5-11(15)12(16)6-10/h4-6H,7-9H2,1-3H3,(H,17,20). The summed E-state index contributed by atoms with van der Waals surface area (Å²) >= 11 is 11.8. The van der Waals surface area contributed by atoms with E-state index in [1.54, 1.807) is 26.2 Å². The lowest BCUT2D eigenvalue weighted by molar-refractivity contribution is -0.131. The Balaban J connectivity index is 2.42. The number of amides is 2. The maximum Gasteiger partial charge on any atom is 0.241 e. The number of halogens is 2. The van der Waals surface area contributed by atoms with Crippen molar-refractivity contribution < 1.29 is 9.59 Å². The van der Waals surface area contributed by atoms with Gasteiger partial charge < -0.3 is 10.2 Å². The Morgan fingerprint density at radius 3 is 2.38 bits per heavy atom. The summed E-state index contributed by atoms with van der Waals surface area (Å²) in [5.41, 5.74) is 0.962. The van der Waals surface area contributed by atoms with Crippen molar-refractivity contribution in [3.8, 4) is 0 Å². The topological polar surface area (TPSA) is 52.7 Å². The molecule has 5 nitrogen and oxygen atoms in total. The number of nitrogens with one attached hydrogen (secondary N) is 1. The van der Waals surface area contributed by atoms with E-state index in [0.717, 1.165) is 5.56 Å². The molecule has 1 rings (SSSR count). The van der Waals surface area contributed by atoms with Gasteiger partial charge >= 0.3 is 0 Å². The van der Waals surface area contributed by atoms with E-state index < -0.39 is 0 Å². The first kappa shape index (κ1) is 17.8. The normalized spacial score (nSPS) is 10.6.